The highest BCUT2D eigenvalue weighted by Gasteiger charge is 2.09. The normalized spacial score (nSPS) is 11.2. The van der Waals surface area contributed by atoms with Gasteiger partial charge in [0, 0.05) is 23.0 Å². The molecular weight excluding hydrogens is 208 g/mol. The Morgan fingerprint density at radius 2 is 1.82 bits per heavy atom. The number of pyridine rings is 1. The molecule has 0 aliphatic heterocycles. The molecule has 0 amide bonds. The van der Waals surface area contributed by atoms with Gasteiger partial charge < -0.3 is 5.32 Å². The first-order valence-electron chi connectivity index (χ1n) is 5.84. The van der Waals surface area contributed by atoms with Gasteiger partial charge in [0.05, 0.1) is 5.69 Å². The molecule has 2 rings (SSSR count). The summed E-state index contributed by atoms with van der Waals surface area (Å²) in [5.74, 6) is 0. The minimum atomic E-state index is 0.0722. The van der Waals surface area contributed by atoms with E-state index in [1.807, 2.05) is 24.4 Å². The van der Waals surface area contributed by atoms with Gasteiger partial charge in [0.15, 0.2) is 0 Å². The summed E-state index contributed by atoms with van der Waals surface area (Å²) in [5.41, 5.74) is 3.34. The van der Waals surface area contributed by atoms with Crippen LogP contribution in [0.15, 0.2) is 48.7 Å². The van der Waals surface area contributed by atoms with Crippen molar-refractivity contribution in [1.82, 2.24) is 4.98 Å². The third-order valence-electron chi connectivity index (χ3n) is 2.34. The molecule has 88 valence electrons. The average molecular weight is 226 g/mol. The average Bonchev–Trinajstić information content (AvgIpc) is 2.28. The molecule has 1 heterocycles. The van der Waals surface area contributed by atoms with Crippen molar-refractivity contribution in [2.24, 2.45) is 0 Å². The molecule has 0 atom stereocenters. The highest BCUT2D eigenvalue weighted by molar-refractivity contribution is 5.65. The Morgan fingerprint density at radius 3 is 2.47 bits per heavy atom. The van der Waals surface area contributed by atoms with Crippen LogP contribution in [0.1, 0.15) is 20.8 Å². The van der Waals surface area contributed by atoms with Crippen molar-refractivity contribution < 1.29 is 0 Å². The van der Waals surface area contributed by atoms with Gasteiger partial charge in [0.2, 0.25) is 0 Å². The van der Waals surface area contributed by atoms with E-state index in [2.05, 4.69) is 55.3 Å². The molecule has 0 radical (unpaired) electrons. The lowest BCUT2D eigenvalue weighted by atomic mass is 10.1. The molecular formula is C15H18N2. The minimum absolute atomic E-state index is 0.0722. The number of anilines is 1. The molecule has 0 bridgehead atoms. The van der Waals surface area contributed by atoms with Crippen LogP contribution in [-0.4, -0.2) is 10.5 Å². The maximum absolute atomic E-state index is 4.36. The van der Waals surface area contributed by atoms with Crippen molar-refractivity contribution in [2.75, 3.05) is 5.32 Å². The van der Waals surface area contributed by atoms with Gasteiger partial charge in [0.1, 0.15) is 0 Å². The summed E-state index contributed by atoms with van der Waals surface area (Å²) in [5, 5.41) is 3.46. The summed E-state index contributed by atoms with van der Waals surface area (Å²) in [6.07, 6.45) is 1.82. The highest BCUT2D eigenvalue weighted by Crippen LogP contribution is 2.22. The number of hydrogen-bond acceptors (Lipinski definition) is 2. The lowest BCUT2D eigenvalue weighted by molar-refractivity contribution is 0.634. The SMILES string of the molecule is CC(C)(C)Nc1cccc(-c2ccccn2)c1. The summed E-state index contributed by atoms with van der Waals surface area (Å²) in [4.78, 5) is 4.36. The second kappa shape index (κ2) is 4.58. The Kier molecular flexibility index (Phi) is 3.14. The van der Waals surface area contributed by atoms with Crippen LogP contribution < -0.4 is 5.32 Å². The van der Waals surface area contributed by atoms with E-state index >= 15 is 0 Å². The van der Waals surface area contributed by atoms with E-state index in [9.17, 15) is 0 Å². The number of hydrogen-bond donors (Lipinski definition) is 1. The molecule has 0 spiro atoms. The summed E-state index contributed by atoms with van der Waals surface area (Å²) in [6, 6.07) is 14.3. The number of nitrogens with one attached hydrogen (secondary N) is 1. The number of rotatable bonds is 2. The fraction of sp³-hybridized carbons (Fsp3) is 0.267. The van der Waals surface area contributed by atoms with E-state index in [0.29, 0.717) is 0 Å². The maximum atomic E-state index is 4.36. The van der Waals surface area contributed by atoms with Crippen LogP contribution in [-0.2, 0) is 0 Å². The first-order valence-corrected chi connectivity index (χ1v) is 5.84. The third-order valence-corrected chi connectivity index (χ3v) is 2.34. The third kappa shape index (κ3) is 3.31. The Morgan fingerprint density at radius 1 is 1.00 bits per heavy atom. The molecule has 2 nitrogen and oxygen atoms in total. The lowest BCUT2D eigenvalue weighted by Gasteiger charge is -2.22. The topological polar surface area (TPSA) is 24.9 Å². The van der Waals surface area contributed by atoms with Gasteiger partial charge in [-0.3, -0.25) is 4.98 Å². The van der Waals surface area contributed by atoms with Crippen molar-refractivity contribution in [3.05, 3.63) is 48.7 Å². The zero-order valence-corrected chi connectivity index (χ0v) is 10.6. The van der Waals surface area contributed by atoms with E-state index in [4.69, 9.17) is 0 Å². The van der Waals surface area contributed by atoms with Crippen molar-refractivity contribution >= 4 is 5.69 Å². The molecule has 0 fully saturated rings. The highest BCUT2D eigenvalue weighted by atomic mass is 14.9. The van der Waals surface area contributed by atoms with Crippen molar-refractivity contribution in [2.45, 2.75) is 26.3 Å². The van der Waals surface area contributed by atoms with Gasteiger partial charge >= 0.3 is 0 Å². The molecule has 17 heavy (non-hydrogen) atoms. The summed E-state index contributed by atoms with van der Waals surface area (Å²) >= 11 is 0. The fourth-order valence-corrected chi connectivity index (χ4v) is 1.72. The fourth-order valence-electron chi connectivity index (χ4n) is 1.72. The van der Waals surface area contributed by atoms with Crippen LogP contribution in [0.3, 0.4) is 0 Å². The predicted octanol–water partition coefficient (Wildman–Crippen LogP) is 3.96. The molecule has 1 aromatic carbocycles. The second-order valence-corrected chi connectivity index (χ2v) is 5.17. The Labute approximate surface area is 103 Å². The molecule has 0 aliphatic carbocycles. The van der Waals surface area contributed by atoms with E-state index in [1.165, 1.54) is 0 Å². The van der Waals surface area contributed by atoms with Gasteiger partial charge in [0.25, 0.3) is 0 Å². The zero-order valence-electron chi connectivity index (χ0n) is 10.6. The quantitative estimate of drug-likeness (QED) is 0.838. The van der Waals surface area contributed by atoms with Crippen LogP contribution in [0.25, 0.3) is 11.3 Å². The monoisotopic (exact) mass is 226 g/mol. The van der Waals surface area contributed by atoms with Gasteiger partial charge in [-0.1, -0.05) is 18.2 Å². The standard InChI is InChI=1S/C15H18N2/c1-15(2,3)17-13-8-6-7-12(11-13)14-9-4-5-10-16-14/h4-11,17H,1-3H3. The van der Waals surface area contributed by atoms with E-state index in [-0.39, 0.29) is 5.54 Å². The van der Waals surface area contributed by atoms with Crippen LogP contribution in [0.4, 0.5) is 5.69 Å². The van der Waals surface area contributed by atoms with Gasteiger partial charge in [-0.05, 0) is 45.0 Å². The van der Waals surface area contributed by atoms with Crippen molar-refractivity contribution in [1.29, 1.82) is 0 Å². The number of benzene rings is 1. The lowest BCUT2D eigenvalue weighted by Crippen LogP contribution is -2.25. The van der Waals surface area contributed by atoms with Crippen LogP contribution in [0.2, 0.25) is 0 Å². The van der Waals surface area contributed by atoms with E-state index in [0.717, 1.165) is 16.9 Å². The molecule has 0 unspecified atom stereocenters. The van der Waals surface area contributed by atoms with Crippen molar-refractivity contribution in [3.63, 3.8) is 0 Å². The Bertz CT molecular complexity index is 484. The molecule has 2 aromatic rings. The maximum Gasteiger partial charge on any atom is 0.0702 e. The Balaban J connectivity index is 2.29. The Hall–Kier alpha value is -1.83. The molecule has 1 aromatic heterocycles. The first kappa shape index (κ1) is 11.6. The molecule has 2 heteroatoms. The minimum Gasteiger partial charge on any atom is -0.380 e. The molecule has 0 aliphatic rings. The smallest absolute Gasteiger partial charge is 0.0702 e. The molecule has 0 saturated carbocycles. The van der Waals surface area contributed by atoms with Crippen LogP contribution in [0, 0.1) is 0 Å². The second-order valence-electron chi connectivity index (χ2n) is 5.17. The number of aromatic nitrogens is 1. The van der Waals surface area contributed by atoms with Gasteiger partial charge in [-0.25, -0.2) is 0 Å². The van der Waals surface area contributed by atoms with Crippen LogP contribution >= 0.6 is 0 Å². The van der Waals surface area contributed by atoms with Crippen molar-refractivity contribution in [3.8, 4) is 11.3 Å². The largest absolute Gasteiger partial charge is 0.380 e. The zero-order chi connectivity index (χ0) is 12.3. The first-order chi connectivity index (χ1) is 8.04. The van der Waals surface area contributed by atoms with Gasteiger partial charge in [-0.15, -0.1) is 0 Å². The van der Waals surface area contributed by atoms with Gasteiger partial charge in [-0.2, -0.15) is 0 Å². The van der Waals surface area contributed by atoms with Crippen LogP contribution in [0.5, 0.6) is 0 Å². The van der Waals surface area contributed by atoms with E-state index < -0.39 is 0 Å². The summed E-state index contributed by atoms with van der Waals surface area (Å²) < 4.78 is 0. The number of nitrogens with zero attached hydrogens (tertiary/aromatic N) is 1. The summed E-state index contributed by atoms with van der Waals surface area (Å²) in [6.45, 7) is 6.46. The molecule has 1 N–H and O–H groups in total. The van der Waals surface area contributed by atoms with E-state index in [1.54, 1.807) is 0 Å². The summed E-state index contributed by atoms with van der Waals surface area (Å²) in [7, 11) is 0. The predicted molar refractivity (Wildman–Crippen MR) is 73.0 cm³/mol. The molecule has 0 saturated heterocycles.